The highest BCUT2D eigenvalue weighted by molar-refractivity contribution is 7.14. The van der Waals surface area contributed by atoms with Gasteiger partial charge in [0.15, 0.2) is 0 Å². The standard InChI is InChI=1S/C53H58N10O7S/c1-30-29-60(32-16-20-59(21-17-32)33-9-11-38-39(26-33)51(67)63(50(38)66)41-12-14-44(64)58-48(41)65)23-24-61(30)34-10-13-43(55-28-34)57-40-25-31(27-56-49(40)70-4)35-15-19-54-47(45(35)53(2,3)69)62-22-18-37-36-7-5-6-8-42(36)71-46(37)52(62)68/h9-11,13,15,19,25-28,30,32,41,69H,5-8,12,14,16-18,20-24,29H2,1-4H3,(H,55,57)(H,58,64,65)/t30-,41?/m0/s1. The number of methoxy groups -OCH3 is 1. The summed E-state index contributed by atoms with van der Waals surface area (Å²) in [7, 11) is 1.57. The maximum absolute atomic E-state index is 14.2. The van der Waals surface area contributed by atoms with Gasteiger partial charge in [-0.25, -0.2) is 15.0 Å². The summed E-state index contributed by atoms with van der Waals surface area (Å²) >= 11 is 1.63. The summed E-state index contributed by atoms with van der Waals surface area (Å²) in [6.45, 7) is 10.5. The van der Waals surface area contributed by atoms with Gasteiger partial charge in [-0.2, -0.15) is 0 Å². The number of nitrogens with one attached hydrogen (secondary N) is 2. The molecule has 0 bridgehead atoms. The number of piperazine rings is 1. The molecule has 2 atom stereocenters. The zero-order chi connectivity index (χ0) is 49.3. The van der Waals surface area contributed by atoms with Crippen molar-refractivity contribution in [2.75, 3.05) is 66.4 Å². The quantitative estimate of drug-likeness (QED) is 0.133. The number of carbonyl (C=O) groups is 5. The number of hydrogen-bond acceptors (Lipinski definition) is 15. The molecule has 18 heteroatoms. The van der Waals surface area contributed by atoms with Crippen LogP contribution < -0.4 is 30.1 Å². The lowest BCUT2D eigenvalue weighted by molar-refractivity contribution is -0.136. The van der Waals surface area contributed by atoms with E-state index in [1.54, 1.807) is 61.7 Å². The smallest absolute Gasteiger partial charge is 0.269 e. The Morgan fingerprint density at radius 1 is 0.789 bits per heavy atom. The molecule has 1 unspecified atom stereocenters. The number of hydrogen-bond donors (Lipinski definition) is 3. The van der Waals surface area contributed by atoms with E-state index < -0.39 is 35.3 Å². The normalized spacial score (nSPS) is 21.1. The van der Waals surface area contributed by atoms with Crippen molar-refractivity contribution in [1.82, 2.24) is 30.1 Å². The van der Waals surface area contributed by atoms with Gasteiger partial charge in [-0.15, -0.1) is 11.3 Å². The minimum Gasteiger partial charge on any atom is -0.480 e. The molecule has 0 saturated carbocycles. The number of amides is 5. The van der Waals surface area contributed by atoms with E-state index in [9.17, 15) is 29.1 Å². The summed E-state index contributed by atoms with van der Waals surface area (Å²) in [5.41, 5.74) is 6.30. The van der Waals surface area contributed by atoms with Crippen molar-refractivity contribution < 1.29 is 33.8 Å². The Hall–Kier alpha value is -6.76. The molecule has 4 aromatic heterocycles. The second kappa shape index (κ2) is 18.4. The highest BCUT2D eigenvalue weighted by atomic mass is 32.1. The number of carbonyl (C=O) groups excluding carboxylic acids is 5. The van der Waals surface area contributed by atoms with Crippen LogP contribution in [-0.4, -0.2) is 124 Å². The molecular formula is C53H58N10O7S. The van der Waals surface area contributed by atoms with Gasteiger partial charge in [-0.3, -0.25) is 44.0 Å². The fourth-order valence-corrected chi connectivity index (χ4v) is 13.1. The Morgan fingerprint density at radius 3 is 2.32 bits per heavy atom. The van der Waals surface area contributed by atoms with Gasteiger partial charge in [0.1, 0.15) is 23.4 Å². The number of pyridine rings is 3. The highest BCUT2D eigenvalue weighted by Crippen LogP contribution is 2.43. The minimum atomic E-state index is -1.34. The predicted octanol–water partition coefficient (Wildman–Crippen LogP) is 6.24. The van der Waals surface area contributed by atoms with Crippen LogP contribution in [0.15, 0.2) is 61.1 Å². The van der Waals surface area contributed by atoms with Crippen molar-refractivity contribution in [2.45, 2.75) is 102 Å². The van der Waals surface area contributed by atoms with E-state index in [1.165, 1.54) is 16.0 Å². The first-order chi connectivity index (χ1) is 34.2. The van der Waals surface area contributed by atoms with Gasteiger partial charge in [0.2, 0.25) is 17.7 Å². The molecule has 5 aliphatic heterocycles. The average molecular weight is 979 g/mol. The maximum atomic E-state index is 14.2. The van der Waals surface area contributed by atoms with E-state index in [4.69, 9.17) is 14.7 Å². The lowest BCUT2D eigenvalue weighted by atomic mass is 9.89. The fraction of sp³-hybridized carbons (Fsp3) is 0.434. The molecule has 0 spiro atoms. The van der Waals surface area contributed by atoms with Crippen LogP contribution in [0, 0.1) is 0 Å². The molecule has 6 aliphatic rings. The molecule has 1 aromatic carbocycles. The van der Waals surface area contributed by atoms with Crippen LogP contribution >= 0.6 is 11.3 Å². The molecule has 5 aromatic rings. The van der Waals surface area contributed by atoms with E-state index in [0.29, 0.717) is 52.5 Å². The van der Waals surface area contributed by atoms with Gasteiger partial charge in [0.05, 0.1) is 40.6 Å². The van der Waals surface area contributed by atoms with Crippen LogP contribution in [0.4, 0.5) is 28.7 Å². The Balaban J connectivity index is 0.732. The number of benzene rings is 1. The van der Waals surface area contributed by atoms with Crippen molar-refractivity contribution in [3.05, 3.63) is 98.6 Å². The van der Waals surface area contributed by atoms with Crippen LogP contribution in [0.1, 0.15) is 111 Å². The molecule has 3 saturated heterocycles. The summed E-state index contributed by atoms with van der Waals surface area (Å²) in [4.78, 5) is 91.5. The van der Waals surface area contributed by atoms with Crippen molar-refractivity contribution in [3.63, 3.8) is 0 Å². The monoisotopic (exact) mass is 978 g/mol. The first-order valence-corrected chi connectivity index (χ1v) is 25.6. The number of piperidine rings is 2. The van der Waals surface area contributed by atoms with Crippen LogP contribution in [0.5, 0.6) is 5.88 Å². The summed E-state index contributed by atoms with van der Waals surface area (Å²) < 4.78 is 5.70. The number of anilines is 5. The van der Waals surface area contributed by atoms with E-state index in [0.717, 1.165) is 104 Å². The first-order valence-electron chi connectivity index (χ1n) is 24.8. The maximum Gasteiger partial charge on any atom is 0.269 e. The van der Waals surface area contributed by atoms with Crippen LogP contribution in [0.25, 0.3) is 11.1 Å². The number of aromatic nitrogens is 3. The third-order valence-electron chi connectivity index (χ3n) is 15.2. The van der Waals surface area contributed by atoms with E-state index in [2.05, 4.69) is 43.3 Å². The third-order valence-corrected chi connectivity index (χ3v) is 16.6. The zero-order valence-corrected chi connectivity index (χ0v) is 41.3. The van der Waals surface area contributed by atoms with Crippen molar-refractivity contribution >= 4 is 69.6 Å². The molecule has 5 amide bonds. The van der Waals surface area contributed by atoms with Crippen molar-refractivity contribution in [2.24, 2.45) is 0 Å². The SMILES string of the molecule is COc1ncc(-c2ccnc(N3CCc4c(sc5c4CCCC5)C3=O)c2C(C)(C)O)cc1Nc1ccc(N2CCN(C3CCN(c4ccc5c(c4)C(=O)N(C4CCC(=O)NC4=O)C5=O)CC3)C[C@@H]2C)cn1. The number of nitrogens with zero attached hydrogens (tertiary/aromatic N) is 8. The van der Waals surface area contributed by atoms with Crippen LogP contribution in [0.2, 0.25) is 0 Å². The minimum absolute atomic E-state index is 0.0575. The van der Waals surface area contributed by atoms with Gasteiger partial charge in [-0.05, 0) is 131 Å². The molecule has 0 radical (unpaired) electrons. The second-order valence-corrected chi connectivity index (χ2v) is 21.2. The number of ether oxygens (including phenoxy) is 1. The molecule has 71 heavy (non-hydrogen) atoms. The van der Waals surface area contributed by atoms with E-state index in [1.807, 2.05) is 30.5 Å². The highest BCUT2D eigenvalue weighted by Gasteiger charge is 2.45. The summed E-state index contributed by atoms with van der Waals surface area (Å²) in [6.07, 6.45) is 12.6. The van der Waals surface area contributed by atoms with Gasteiger partial charge < -0.3 is 25.0 Å². The Kier molecular flexibility index (Phi) is 12.1. The Morgan fingerprint density at radius 2 is 1.58 bits per heavy atom. The molecule has 368 valence electrons. The second-order valence-electron chi connectivity index (χ2n) is 20.1. The molecule has 3 N–H and O–H groups in total. The van der Waals surface area contributed by atoms with Crippen LogP contribution in [-0.2, 0) is 34.5 Å². The predicted molar refractivity (Wildman–Crippen MR) is 270 cm³/mol. The van der Waals surface area contributed by atoms with Crippen molar-refractivity contribution in [3.8, 4) is 17.0 Å². The average Bonchev–Trinajstić information content (AvgIpc) is 3.87. The van der Waals surface area contributed by atoms with Crippen molar-refractivity contribution in [1.29, 1.82) is 0 Å². The zero-order valence-electron chi connectivity index (χ0n) is 40.5. The summed E-state index contributed by atoms with van der Waals surface area (Å²) in [6, 6.07) is 12.8. The van der Waals surface area contributed by atoms with Gasteiger partial charge in [-0.1, -0.05) is 0 Å². The summed E-state index contributed by atoms with van der Waals surface area (Å²) in [5.74, 6) is -0.609. The number of aliphatic hydroxyl groups is 1. The Bertz CT molecular complexity index is 2980. The number of fused-ring (bicyclic) bond motifs is 4. The molecule has 1 aliphatic carbocycles. The number of rotatable bonds is 10. The summed E-state index contributed by atoms with van der Waals surface area (Å²) in [5, 5.41) is 17.4. The fourth-order valence-electron chi connectivity index (χ4n) is 11.7. The molecule has 3 fully saturated rings. The van der Waals surface area contributed by atoms with E-state index >= 15 is 0 Å². The number of aryl methyl sites for hydroxylation is 1. The van der Waals surface area contributed by atoms with Gasteiger partial charge in [0.25, 0.3) is 17.7 Å². The van der Waals surface area contributed by atoms with Gasteiger partial charge in [0, 0.05) is 91.9 Å². The topological polar surface area (TPSA) is 194 Å². The van der Waals surface area contributed by atoms with Gasteiger partial charge >= 0.3 is 0 Å². The third kappa shape index (κ3) is 8.48. The molecule has 17 nitrogen and oxygen atoms in total. The molecule has 9 heterocycles. The number of thiophene rings is 1. The Labute approximate surface area is 416 Å². The number of imide groups is 2. The molecule has 11 rings (SSSR count). The lowest BCUT2D eigenvalue weighted by Gasteiger charge is -2.46. The largest absolute Gasteiger partial charge is 0.480 e. The first kappa shape index (κ1) is 46.6. The van der Waals surface area contributed by atoms with Crippen LogP contribution in [0.3, 0.4) is 0 Å². The lowest BCUT2D eigenvalue weighted by Crippen LogP contribution is -2.57. The molecular weight excluding hydrogens is 921 g/mol. The van der Waals surface area contributed by atoms with E-state index in [-0.39, 0.29) is 30.4 Å².